The number of nitrogens with zero attached hydrogens (tertiary/aromatic N) is 1. The van der Waals surface area contributed by atoms with Crippen LogP contribution in [-0.2, 0) is 0 Å². The zero-order valence-electron chi connectivity index (χ0n) is 10.4. The number of aliphatic hydroxyl groups is 1. The maximum Gasteiger partial charge on any atom is 0.212 e. The molecule has 4 nitrogen and oxygen atoms in total. The van der Waals surface area contributed by atoms with Crippen molar-refractivity contribution in [3.8, 4) is 0 Å². The Balaban J connectivity index is 1.89. The fourth-order valence-corrected chi connectivity index (χ4v) is 2.55. The van der Waals surface area contributed by atoms with Gasteiger partial charge in [0.25, 0.3) is 0 Å². The fraction of sp³-hybridized carbons (Fsp3) is 0.0667. The van der Waals surface area contributed by atoms with E-state index >= 15 is 0 Å². The molecular weight excluding hydrogens is 320 g/mol. The number of carbonyl (C=O) groups is 1. The number of aliphatic hydroxyl groups excluding tert-OH is 1. The summed E-state index contributed by atoms with van der Waals surface area (Å²) < 4.78 is 0.907. The zero-order valence-corrected chi connectivity index (χ0v) is 12.0. The van der Waals surface area contributed by atoms with E-state index in [-0.39, 0.29) is 11.5 Å². The first-order valence-electron chi connectivity index (χ1n) is 6.07. The van der Waals surface area contributed by atoms with Gasteiger partial charge in [0.15, 0.2) is 0 Å². The molecule has 0 saturated carbocycles. The van der Waals surface area contributed by atoms with Gasteiger partial charge < -0.3 is 5.11 Å². The van der Waals surface area contributed by atoms with Crippen LogP contribution in [0.1, 0.15) is 22.0 Å². The van der Waals surface area contributed by atoms with Crippen LogP contribution in [0.4, 0.5) is 5.69 Å². The molecule has 1 atom stereocenters. The minimum Gasteiger partial charge on any atom is -0.382 e. The summed E-state index contributed by atoms with van der Waals surface area (Å²) in [4.78, 5) is 12.2. The van der Waals surface area contributed by atoms with Crippen molar-refractivity contribution in [3.05, 3.63) is 64.1 Å². The Morgan fingerprint density at radius 1 is 1.15 bits per heavy atom. The van der Waals surface area contributed by atoms with Crippen molar-refractivity contribution < 1.29 is 9.90 Å². The van der Waals surface area contributed by atoms with Gasteiger partial charge >= 0.3 is 0 Å². The highest BCUT2D eigenvalue weighted by Gasteiger charge is 2.34. The van der Waals surface area contributed by atoms with Crippen LogP contribution in [0.25, 0.3) is 0 Å². The highest BCUT2D eigenvalue weighted by molar-refractivity contribution is 9.10. The van der Waals surface area contributed by atoms with Crippen LogP contribution in [0, 0.1) is 0 Å². The number of hydrogen-bond acceptors (Lipinski definition) is 4. The van der Waals surface area contributed by atoms with E-state index in [9.17, 15) is 9.90 Å². The smallest absolute Gasteiger partial charge is 0.212 e. The van der Waals surface area contributed by atoms with Gasteiger partial charge in [-0.15, -0.1) is 0 Å². The van der Waals surface area contributed by atoms with Crippen molar-refractivity contribution in [3.63, 3.8) is 0 Å². The number of rotatable bonds is 2. The molecule has 1 aliphatic rings. The first kappa shape index (κ1) is 13.0. The molecule has 100 valence electrons. The molecule has 0 radical (unpaired) electrons. The second-order valence-electron chi connectivity index (χ2n) is 4.44. The molecule has 20 heavy (non-hydrogen) atoms. The van der Waals surface area contributed by atoms with Crippen molar-refractivity contribution in [2.24, 2.45) is 5.10 Å². The third kappa shape index (κ3) is 2.26. The van der Waals surface area contributed by atoms with Gasteiger partial charge in [-0.1, -0.05) is 46.3 Å². The molecule has 0 aliphatic heterocycles. The number of carbonyl (C=O) groups excluding carboxylic acids is 1. The summed E-state index contributed by atoms with van der Waals surface area (Å²) in [7, 11) is 0. The molecule has 1 aliphatic carbocycles. The van der Waals surface area contributed by atoms with Gasteiger partial charge in [-0.25, -0.2) is 0 Å². The quantitative estimate of drug-likeness (QED) is 0.831. The van der Waals surface area contributed by atoms with Crippen LogP contribution in [-0.4, -0.2) is 16.6 Å². The molecule has 5 heteroatoms. The summed E-state index contributed by atoms with van der Waals surface area (Å²) in [5.41, 5.74) is 4.77. The number of hydrogen-bond donors (Lipinski definition) is 2. The molecule has 0 heterocycles. The Bertz CT molecular complexity index is 713. The topological polar surface area (TPSA) is 61.7 Å². The second-order valence-corrected chi connectivity index (χ2v) is 5.35. The van der Waals surface area contributed by atoms with Gasteiger partial charge in [0.2, 0.25) is 5.78 Å². The number of hydrazone groups is 1. The fourth-order valence-electron chi connectivity index (χ4n) is 2.15. The lowest BCUT2D eigenvalue weighted by Crippen LogP contribution is -2.14. The van der Waals surface area contributed by atoms with E-state index in [1.165, 1.54) is 0 Å². The van der Waals surface area contributed by atoms with Gasteiger partial charge in [0.1, 0.15) is 11.8 Å². The SMILES string of the molecule is O=C1/C(=N/Nc2cccc(Br)c2)[C@@H](O)c2ccccc21. The molecular formula is C15H11BrN2O2. The van der Waals surface area contributed by atoms with E-state index in [2.05, 4.69) is 26.5 Å². The lowest BCUT2D eigenvalue weighted by atomic mass is 10.1. The van der Waals surface area contributed by atoms with E-state index < -0.39 is 6.10 Å². The number of anilines is 1. The number of Topliss-reactive ketones (excluding diaryl/α,β-unsaturated/α-hetero) is 1. The van der Waals surface area contributed by atoms with Gasteiger partial charge in [-0.3, -0.25) is 10.2 Å². The molecule has 2 aromatic carbocycles. The van der Waals surface area contributed by atoms with Crippen LogP contribution in [0.2, 0.25) is 0 Å². The van der Waals surface area contributed by atoms with Crippen LogP contribution in [0.15, 0.2) is 58.1 Å². The Labute approximate surface area is 124 Å². The Kier molecular flexibility index (Phi) is 3.38. The van der Waals surface area contributed by atoms with Crippen LogP contribution in [0.5, 0.6) is 0 Å². The molecule has 0 fully saturated rings. The number of nitrogens with one attached hydrogen (secondary N) is 1. The molecule has 0 bridgehead atoms. The van der Waals surface area contributed by atoms with E-state index in [1.807, 2.05) is 24.3 Å². The third-order valence-corrected chi connectivity index (χ3v) is 3.61. The first-order chi connectivity index (χ1) is 9.66. The maximum absolute atomic E-state index is 12.2. The van der Waals surface area contributed by atoms with Crippen molar-refractivity contribution in [2.45, 2.75) is 6.10 Å². The van der Waals surface area contributed by atoms with Gasteiger partial charge in [-0.05, 0) is 23.8 Å². The predicted octanol–water partition coefficient (Wildman–Crippen LogP) is 3.15. The van der Waals surface area contributed by atoms with Crippen molar-refractivity contribution >= 4 is 33.1 Å². The summed E-state index contributed by atoms with van der Waals surface area (Å²) in [5.74, 6) is -0.240. The first-order valence-corrected chi connectivity index (χ1v) is 6.87. The number of ketones is 1. The monoisotopic (exact) mass is 330 g/mol. The second kappa shape index (κ2) is 5.19. The van der Waals surface area contributed by atoms with E-state index in [0.717, 1.165) is 10.2 Å². The number of halogens is 1. The summed E-state index contributed by atoms with van der Waals surface area (Å²) in [5, 5.41) is 14.2. The summed E-state index contributed by atoms with van der Waals surface area (Å²) in [6.45, 7) is 0. The molecule has 0 unspecified atom stereocenters. The average Bonchev–Trinajstić information content (AvgIpc) is 2.70. The van der Waals surface area contributed by atoms with Crippen molar-refractivity contribution in [1.82, 2.24) is 0 Å². The Morgan fingerprint density at radius 2 is 1.95 bits per heavy atom. The molecule has 2 aromatic rings. The Hall–Kier alpha value is -1.98. The summed E-state index contributed by atoms with van der Waals surface area (Å²) in [6.07, 6.45) is -0.974. The van der Waals surface area contributed by atoms with E-state index in [1.54, 1.807) is 24.3 Å². The van der Waals surface area contributed by atoms with Crippen LogP contribution in [0.3, 0.4) is 0 Å². The number of fused-ring (bicyclic) bond motifs is 1. The summed E-state index contributed by atoms with van der Waals surface area (Å²) in [6, 6.07) is 14.4. The molecule has 2 N–H and O–H groups in total. The molecule has 3 rings (SSSR count). The third-order valence-electron chi connectivity index (χ3n) is 3.12. The molecule has 0 spiro atoms. The lowest BCUT2D eigenvalue weighted by Gasteiger charge is -2.05. The largest absolute Gasteiger partial charge is 0.382 e. The molecule has 0 amide bonds. The van der Waals surface area contributed by atoms with Crippen LogP contribution >= 0.6 is 15.9 Å². The predicted molar refractivity (Wildman–Crippen MR) is 80.9 cm³/mol. The van der Waals surface area contributed by atoms with Gasteiger partial charge in [-0.2, -0.15) is 5.10 Å². The molecule has 0 aromatic heterocycles. The van der Waals surface area contributed by atoms with Gasteiger partial charge in [0.05, 0.1) is 5.69 Å². The lowest BCUT2D eigenvalue weighted by molar-refractivity contribution is 0.106. The normalized spacial score (nSPS) is 19.2. The van der Waals surface area contributed by atoms with Crippen molar-refractivity contribution in [2.75, 3.05) is 5.43 Å². The Morgan fingerprint density at radius 3 is 2.70 bits per heavy atom. The zero-order chi connectivity index (χ0) is 14.1. The standard InChI is InChI=1S/C15H11BrN2O2/c16-9-4-3-5-10(8-9)17-18-13-14(19)11-6-1-2-7-12(11)15(13)20/h1-8,14,17,19H/b18-13+/t14-/m0/s1. The van der Waals surface area contributed by atoms with Crippen LogP contribution < -0.4 is 5.43 Å². The average molecular weight is 331 g/mol. The maximum atomic E-state index is 12.2. The summed E-state index contributed by atoms with van der Waals surface area (Å²) >= 11 is 3.36. The number of benzene rings is 2. The van der Waals surface area contributed by atoms with Gasteiger partial charge in [0, 0.05) is 10.0 Å². The highest BCUT2D eigenvalue weighted by Crippen LogP contribution is 2.29. The van der Waals surface area contributed by atoms with E-state index in [4.69, 9.17) is 0 Å². The van der Waals surface area contributed by atoms with Crippen molar-refractivity contribution in [1.29, 1.82) is 0 Å². The highest BCUT2D eigenvalue weighted by atomic mass is 79.9. The minimum atomic E-state index is -0.974. The van der Waals surface area contributed by atoms with E-state index in [0.29, 0.717) is 11.1 Å². The minimum absolute atomic E-state index is 0.117. The molecule has 0 saturated heterocycles.